The maximum Gasteiger partial charge on any atom is 0.227 e. The van der Waals surface area contributed by atoms with Crippen LogP contribution in [0.1, 0.15) is 39.5 Å². The van der Waals surface area contributed by atoms with E-state index in [-0.39, 0.29) is 11.8 Å². The van der Waals surface area contributed by atoms with Crippen LogP contribution in [0, 0.1) is 5.92 Å². The van der Waals surface area contributed by atoms with Gasteiger partial charge in [-0.15, -0.1) is 0 Å². The van der Waals surface area contributed by atoms with E-state index in [1.54, 1.807) is 18.2 Å². The summed E-state index contributed by atoms with van der Waals surface area (Å²) in [5, 5.41) is 3.41. The maximum absolute atomic E-state index is 12.1. The van der Waals surface area contributed by atoms with Gasteiger partial charge >= 0.3 is 0 Å². The van der Waals surface area contributed by atoms with Gasteiger partial charge in [-0.2, -0.15) is 0 Å². The van der Waals surface area contributed by atoms with Gasteiger partial charge in [-0.05, 0) is 31.0 Å². The Labute approximate surface area is 114 Å². The number of nitrogens with two attached hydrogens (primary N) is 1. The summed E-state index contributed by atoms with van der Waals surface area (Å²) < 4.78 is 0. The van der Waals surface area contributed by atoms with Crippen LogP contribution in [0.5, 0.6) is 0 Å². The molecule has 0 aliphatic rings. The van der Waals surface area contributed by atoms with Crippen molar-refractivity contribution >= 4 is 28.9 Å². The first kappa shape index (κ1) is 14.8. The van der Waals surface area contributed by atoms with Gasteiger partial charge in [0.15, 0.2) is 0 Å². The van der Waals surface area contributed by atoms with Gasteiger partial charge in [-0.25, -0.2) is 0 Å². The first-order chi connectivity index (χ1) is 8.58. The van der Waals surface area contributed by atoms with Crippen LogP contribution in [0.25, 0.3) is 0 Å². The Morgan fingerprint density at radius 1 is 1.33 bits per heavy atom. The molecule has 4 heteroatoms. The summed E-state index contributed by atoms with van der Waals surface area (Å²) in [5.41, 5.74) is 6.90. The van der Waals surface area contributed by atoms with Gasteiger partial charge in [0.2, 0.25) is 5.91 Å². The minimum atomic E-state index is 0.0698. The second kappa shape index (κ2) is 7.27. The van der Waals surface area contributed by atoms with Crippen molar-refractivity contribution in [3.8, 4) is 0 Å². The van der Waals surface area contributed by atoms with Gasteiger partial charge < -0.3 is 11.1 Å². The molecule has 0 spiro atoms. The van der Waals surface area contributed by atoms with Crippen LogP contribution in [0.4, 0.5) is 11.4 Å². The highest BCUT2D eigenvalue weighted by atomic mass is 35.5. The van der Waals surface area contributed by atoms with E-state index >= 15 is 0 Å². The maximum atomic E-state index is 12.1. The van der Waals surface area contributed by atoms with Crippen molar-refractivity contribution in [2.45, 2.75) is 39.5 Å². The number of hydrogen-bond donors (Lipinski definition) is 2. The molecule has 0 aliphatic carbocycles. The lowest BCUT2D eigenvalue weighted by atomic mass is 9.97. The van der Waals surface area contributed by atoms with Gasteiger partial charge in [-0.3, -0.25) is 4.79 Å². The Kier molecular flexibility index (Phi) is 5.99. The third-order valence-corrected chi connectivity index (χ3v) is 3.25. The number of hydrogen-bond acceptors (Lipinski definition) is 2. The fourth-order valence-electron chi connectivity index (χ4n) is 1.97. The summed E-state index contributed by atoms with van der Waals surface area (Å²) in [7, 11) is 0. The molecule has 0 radical (unpaired) electrons. The Hall–Kier alpha value is -1.22. The number of benzene rings is 1. The van der Waals surface area contributed by atoms with Crippen molar-refractivity contribution in [2.24, 2.45) is 5.92 Å². The number of anilines is 2. The van der Waals surface area contributed by atoms with E-state index in [4.69, 9.17) is 17.3 Å². The lowest BCUT2D eigenvalue weighted by Gasteiger charge is -2.15. The van der Waals surface area contributed by atoms with Crippen LogP contribution in [-0.2, 0) is 4.79 Å². The molecule has 18 heavy (non-hydrogen) atoms. The quantitative estimate of drug-likeness (QED) is 0.764. The first-order valence-electron chi connectivity index (χ1n) is 6.44. The lowest BCUT2D eigenvalue weighted by molar-refractivity contribution is -0.120. The summed E-state index contributed by atoms with van der Waals surface area (Å²) in [4.78, 5) is 12.1. The summed E-state index contributed by atoms with van der Waals surface area (Å²) in [6.07, 6.45) is 3.87. The number of nitrogen functional groups attached to an aromatic ring is 1. The molecule has 0 bridgehead atoms. The molecule has 3 nitrogen and oxygen atoms in total. The molecule has 1 aromatic carbocycles. The normalized spacial score (nSPS) is 10.7. The molecular formula is C14H21ClN2O. The van der Waals surface area contributed by atoms with E-state index in [1.807, 2.05) is 0 Å². The zero-order valence-electron chi connectivity index (χ0n) is 11.0. The Bertz CT molecular complexity index is 401. The molecule has 0 unspecified atom stereocenters. The monoisotopic (exact) mass is 268 g/mol. The molecule has 0 atom stereocenters. The molecule has 1 aromatic rings. The largest absolute Gasteiger partial charge is 0.397 e. The zero-order valence-corrected chi connectivity index (χ0v) is 11.8. The van der Waals surface area contributed by atoms with Crippen molar-refractivity contribution in [3.05, 3.63) is 23.2 Å². The van der Waals surface area contributed by atoms with Crippen LogP contribution < -0.4 is 11.1 Å². The first-order valence-corrected chi connectivity index (χ1v) is 6.82. The topological polar surface area (TPSA) is 55.1 Å². The molecule has 0 saturated carbocycles. The standard InChI is InChI=1S/C14H21ClN2O/c1-3-5-10(6-4-2)14(18)17-11-7-8-12(15)13(16)9-11/h7-10H,3-6,16H2,1-2H3,(H,17,18). The summed E-state index contributed by atoms with van der Waals surface area (Å²) >= 11 is 5.84. The van der Waals surface area contributed by atoms with Gasteiger partial charge in [-0.1, -0.05) is 38.3 Å². The highest BCUT2D eigenvalue weighted by Gasteiger charge is 2.16. The van der Waals surface area contributed by atoms with Gasteiger partial charge in [0.05, 0.1) is 10.7 Å². The van der Waals surface area contributed by atoms with E-state index in [0.717, 1.165) is 25.7 Å². The van der Waals surface area contributed by atoms with Crippen LogP contribution in [-0.4, -0.2) is 5.91 Å². The molecule has 1 amide bonds. The Morgan fingerprint density at radius 2 is 1.94 bits per heavy atom. The van der Waals surface area contributed by atoms with E-state index in [9.17, 15) is 4.79 Å². The highest BCUT2D eigenvalue weighted by molar-refractivity contribution is 6.33. The van der Waals surface area contributed by atoms with Crippen molar-refractivity contribution in [1.29, 1.82) is 0 Å². The van der Waals surface area contributed by atoms with Crippen LogP contribution in [0.2, 0.25) is 5.02 Å². The summed E-state index contributed by atoms with van der Waals surface area (Å²) in [6.45, 7) is 4.19. The van der Waals surface area contributed by atoms with E-state index in [2.05, 4.69) is 19.2 Å². The van der Waals surface area contributed by atoms with Gasteiger partial charge in [0.1, 0.15) is 0 Å². The minimum absolute atomic E-state index is 0.0698. The van der Waals surface area contributed by atoms with Crippen molar-refractivity contribution in [2.75, 3.05) is 11.1 Å². The molecule has 3 N–H and O–H groups in total. The lowest BCUT2D eigenvalue weighted by Crippen LogP contribution is -2.22. The molecule has 0 aliphatic heterocycles. The number of carbonyl (C=O) groups is 1. The van der Waals surface area contributed by atoms with Gasteiger partial charge in [0, 0.05) is 11.6 Å². The minimum Gasteiger partial charge on any atom is -0.397 e. The van der Waals surface area contributed by atoms with Crippen LogP contribution in [0.3, 0.4) is 0 Å². The number of amides is 1. The smallest absolute Gasteiger partial charge is 0.227 e. The molecule has 1 rings (SSSR count). The second-order valence-corrected chi connectivity index (χ2v) is 4.91. The average Bonchev–Trinajstić information content (AvgIpc) is 2.33. The summed E-state index contributed by atoms with van der Waals surface area (Å²) in [6, 6.07) is 5.15. The zero-order chi connectivity index (χ0) is 13.5. The molecule has 0 fully saturated rings. The van der Waals surface area contributed by atoms with Crippen molar-refractivity contribution in [1.82, 2.24) is 0 Å². The molecule has 0 saturated heterocycles. The van der Waals surface area contributed by atoms with E-state index in [1.165, 1.54) is 0 Å². The molecular weight excluding hydrogens is 248 g/mol. The molecule has 0 aromatic heterocycles. The summed E-state index contributed by atoms with van der Waals surface area (Å²) in [5.74, 6) is 0.150. The predicted molar refractivity (Wildman–Crippen MR) is 77.8 cm³/mol. The average molecular weight is 269 g/mol. The SMILES string of the molecule is CCCC(CCC)C(=O)Nc1ccc(Cl)c(N)c1. The number of carbonyl (C=O) groups excluding carboxylic acids is 1. The number of halogens is 1. The predicted octanol–water partition coefficient (Wildman–Crippen LogP) is 4.08. The van der Waals surface area contributed by atoms with E-state index < -0.39 is 0 Å². The van der Waals surface area contributed by atoms with Crippen molar-refractivity contribution < 1.29 is 4.79 Å². The Morgan fingerprint density at radius 3 is 2.44 bits per heavy atom. The Balaban J connectivity index is 2.69. The second-order valence-electron chi connectivity index (χ2n) is 4.50. The van der Waals surface area contributed by atoms with Crippen LogP contribution in [0.15, 0.2) is 18.2 Å². The van der Waals surface area contributed by atoms with Gasteiger partial charge in [0.25, 0.3) is 0 Å². The number of rotatable bonds is 6. The fourth-order valence-corrected chi connectivity index (χ4v) is 2.09. The van der Waals surface area contributed by atoms with Crippen LogP contribution >= 0.6 is 11.6 Å². The third-order valence-electron chi connectivity index (χ3n) is 2.91. The third kappa shape index (κ3) is 4.22. The fraction of sp³-hybridized carbons (Fsp3) is 0.500. The highest BCUT2D eigenvalue weighted by Crippen LogP contribution is 2.23. The van der Waals surface area contributed by atoms with E-state index in [0.29, 0.717) is 16.4 Å². The number of nitrogens with one attached hydrogen (secondary N) is 1. The molecule has 0 heterocycles. The van der Waals surface area contributed by atoms with Crippen molar-refractivity contribution in [3.63, 3.8) is 0 Å². The molecule has 100 valence electrons.